The van der Waals surface area contributed by atoms with Gasteiger partial charge in [0.15, 0.2) is 11.8 Å². The van der Waals surface area contributed by atoms with E-state index in [1.54, 1.807) is 0 Å². The van der Waals surface area contributed by atoms with Crippen LogP contribution in [0.1, 0.15) is 12.5 Å². The van der Waals surface area contributed by atoms with Crippen molar-refractivity contribution < 1.29 is 20.1 Å². The van der Waals surface area contributed by atoms with E-state index in [0.717, 1.165) is 4.57 Å². The summed E-state index contributed by atoms with van der Waals surface area (Å²) in [6, 6.07) is 1.61. The molecular weight excluding hydrogens is 218 g/mol. The van der Waals surface area contributed by atoms with Gasteiger partial charge < -0.3 is 15.3 Å². The lowest BCUT2D eigenvalue weighted by Crippen LogP contribution is -2.19. The zero-order chi connectivity index (χ0) is 11.4. The van der Waals surface area contributed by atoms with Crippen molar-refractivity contribution in [2.24, 2.45) is 0 Å². The van der Waals surface area contributed by atoms with Crippen LogP contribution in [0.4, 0.5) is 0 Å². The molecule has 0 unspecified atom stereocenters. The summed E-state index contributed by atoms with van der Waals surface area (Å²) in [6.07, 6.45) is 2.22. The molecule has 6 heteroatoms. The van der Waals surface area contributed by atoms with Crippen molar-refractivity contribution in [3.05, 3.63) is 12.1 Å². The molecule has 0 bridgehead atoms. The Bertz CT molecular complexity index is 330. The van der Waals surface area contributed by atoms with Gasteiger partial charge in [0, 0.05) is 12.1 Å². The highest BCUT2D eigenvalue weighted by atomic mass is 32.2. The van der Waals surface area contributed by atoms with Crippen molar-refractivity contribution >= 4 is 17.7 Å². The van der Waals surface area contributed by atoms with Gasteiger partial charge in [0.1, 0.15) is 6.04 Å². The zero-order valence-corrected chi connectivity index (χ0v) is 9.07. The number of aromatic nitrogens is 1. The summed E-state index contributed by atoms with van der Waals surface area (Å²) in [5.41, 5.74) is 0. The fraction of sp³-hybridized carbons (Fsp3) is 0.444. The molecule has 0 saturated carbocycles. The molecule has 5 nitrogen and oxygen atoms in total. The molecule has 0 amide bonds. The van der Waals surface area contributed by atoms with E-state index in [0.29, 0.717) is 12.2 Å². The Balaban J connectivity index is 2.93. The first-order valence-electron chi connectivity index (χ1n) is 4.38. The minimum atomic E-state index is -1.06. The predicted molar refractivity (Wildman–Crippen MR) is 57.4 cm³/mol. The summed E-state index contributed by atoms with van der Waals surface area (Å²) in [7, 11) is 0. The molecular formula is C9H13NO4S. The number of carboxylic acid groups (broad SMARTS) is 1. The molecule has 1 heterocycles. The summed E-state index contributed by atoms with van der Waals surface area (Å²) < 4.78 is 1.01. The van der Waals surface area contributed by atoms with Gasteiger partial charge in [-0.3, -0.25) is 4.57 Å². The second kappa shape index (κ2) is 4.97. The molecule has 0 spiro atoms. The average molecular weight is 231 g/mol. The van der Waals surface area contributed by atoms with Crippen molar-refractivity contribution in [3.8, 4) is 11.8 Å². The van der Waals surface area contributed by atoms with Gasteiger partial charge in [0.05, 0.1) is 0 Å². The Morgan fingerprint density at radius 1 is 1.47 bits per heavy atom. The number of rotatable bonds is 5. The Morgan fingerprint density at radius 3 is 2.40 bits per heavy atom. The second-order valence-corrected chi connectivity index (χ2v) is 4.04. The van der Waals surface area contributed by atoms with Gasteiger partial charge >= 0.3 is 5.97 Å². The highest BCUT2D eigenvalue weighted by molar-refractivity contribution is 7.98. The van der Waals surface area contributed by atoms with Gasteiger partial charge in [0.25, 0.3) is 0 Å². The first-order valence-corrected chi connectivity index (χ1v) is 5.78. The highest BCUT2D eigenvalue weighted by Gasteiger charge is 2.23. The van der Waals surface area contributed by atoms with Gasteiger partial charge in [0.2, 0.25) is 0 Å². The van der Waals surface area contributed by atoms with Crippen molar-refractivity contribution in [1.29, 1.82) is 0 Å². The Morgan fingerprint density at radius 2 is 2.00 bits per heavy atom. The number of aromatic hydroxyl groups is 2. The number of carboxylic acids is 1. The van der Waals surface area contributed by atoms with Crippen LogP contribution in [0, 0.1) is 0 Å². The number of aliphatic carboxylic acids is 1. The Labute approximate surface area is 91.3 Å². The molecule has 1 rings (SSSR count). The summed E-state index contributed by atoms with van der Waals surface area (Å²) in [6.45, 7) is 0. The van der Waals surface area contributed by atoms with Crippen molar-refractivity contribution in [3.63, 3.8) is 0 Å². The van der Waals surface area contributed by atoms with E-state index in [1.807, 2.05) is 6.26 Å². The van der Waals surface area contributed by atoms with Gasteiger partial charge in [-0.05, 0) is 18.4 Å². The second-order valence-electron chi connectivity index (χ2n) is 3.06. The standard InChI is InChI=1S/C9H13NO4S/c1-15-5-4-6(9(13)14)10-7(11)2-3-8(10)12/h2-3,6,11-12H,4-5H2,1H3,(H,13,14)/t6-/m0/s1. The molecule has 0 radical (unpaired) electrons. The quantitative estimate of drug-likeness (QED) is 0.711. The van der Waals surface area contributed by atoms with Gasteiger partial charge in [-0.25, -0.2) is 4.79 Å². The first-order chi connectivity index (χ1) is 7.07. The van der Waals surface area contributed by atoms with Crippen LogP contribution in [-0.4, -0.2) is 37.9 Å². The van der Waals surface area contributed by atoms with Crippen molar-refractivity contribution in [1.82, 2.24) is 4.57 Å². The van der Waals surface area contributed by atoms with Crippen LogP contribution >= 0.6 is 11.8 Å². The van der Waals surface area contributed by atoms with Crippen LogP contribution in [0.2, 0.25) is 0 Å². The maximum atomic E-state index is 11.0. The fourth-order valence-corrected chi connectivity index (χ4v) is 1.80. The van der Waals surface area contributed by atoms with Gasteiger partial charge in [-0.1, -0.05) is 0 Å². The number of carbonyl (C=O) groups is 1. The van der Waals surface area contributed by atoms with E-state index in [-0.39, 0.29) is 11.8 Å². The Hall–Kier alpha value is -1.30. The average Bonchev–Trinajstić information content (AvgIpc) is 2.49. The molecule has 3 N–H and O–H groups in total. The summed E-state index contributed by atoms with van der Waals surface area (Å²) >= 11 is 1.52. The molecule has 84 valence electrons. The van der Waals surface area contributed by atoms with Crippen LogP contribution in [0.15, 0.2) is 12.1 Å². The SMILES string of the molecule is CSCC[C@@H](C(=O)O)n1c(O)ccc1O. The first kappa shape index (κ1) is 11.8. The number of thioether (sulfide) groups is 1. The number of hydrogen-bond donors (Lipinski definition) is 3. The number of hydrogen-bond acceptors (Lipinski definition) is 4. The van der Waals surface area contributed by atoms with Crippen molar-refractivity contribution in [2.45, 2.75) is 12.5 Å². The van der Waals surface area contributed by atoms with Crippen LogP contribution in [0.25, 0.3) is 0 Å². The molecule has 0 saturated heterocycles. The number of nitrogens with zero attached hydrogens (tertiary/aromatic N) is 1. The topological polar surface area (TPSA) is 82.7 Å². The highest BCUT2D eigenvalue weighted by Crippen LogP contribution is 2.29. The largest absolute Gasteiger partial charge is 0.494 e. The van der Waals surface area contributed by atoms with E-state index in [4.69, 9.17) is 5.11 Å². The minimum absolute atomic E-state index is 0.235. The van der Waals surface area contributed by atoms with Crippen LogP contribution in [0.3, 0.4) is 0 Å². The molecule has 0 aliphatic carbocycles. The molecule has 15 heavy (non-hydrogen) atoms. The van der Waals surface area contributed by atoms with Crippen LogP contribution in [-0.2, 0) is 4.79 Å². The molecule has 0 aliphatic rings. The predicted octanol–water partition coefficient (Wildman–Crippen LogP) is 1.28. The molecule has 1 aromatic heterocycles. The lowest BCUT2D eigenvalue weighted by molar-refractivity contribution is -0.141. The maximum absolute atomic E-state index is 11.0. The third-order valence-electron chi connectivity index (χ3n) is 2.07. The van der Waals surface area contributed by atoms with E-state index in [1.165, 1.54) is 23.9 Å². The van der Waals surface area contributed by atoms with E-state index < -0.39 is 12.0 Å². The lowest BCUT2D eigenvalue weighted by Gasteiger charge is -2.15. The van der Waals surface area contributed by atoms with Gasteiger partial charge in [-0.2, -0.15) is 11.8 Å². The third kappa shape index (κ3) is 2.59. The normalized spacial score (nSPS) is 12.6. The summed E-state index contributed by atoms with van der Waals surface area (Å²) in [4.78, 5) is 11.0. The molecule has 1 atom stereocenters. The molecule has 0 aliphatic heterocycles. The van der Waals surface area contributed by atoms with E-state index >= 15 is 0 Å². The summed E-state index contributed by atoms with van der Waals surface area (Å²) in [5.74, 6) is -0.888. The monoisotopic (exact) mass is 231 g/mol. The zero-order valence-electron chi connectivity index (χ0n) is 8.25. The minimum Gasteiger partial charge on any atom is -0.494 e. The summed E-state index contributed by atoms with van der Waals surface area (Å²) in [5, 5.41) is 27.7. The van der Waals surface area contributed by atoms with Crippen LogP contribution in [0.5, 0.6) is 11.8 Å². The fourth-order valence-electron chi connectivity index (χ4n) is 1.34. The molecule has 0 aromatic carbocycles. The van der Waals surface area contributed by atoms with Crippen LogP contribution < -0.4 is 0 Å². The maximum Gasteiger partial charge on any atom is 0.326 e. The van der Waals surface area contributed by atoms with Gasteiger partial charge in [-0.15, -0.1) is 0 Å². The molecule has 1 aromatic rings. The third-order valence-corrected chi connectivity index (χ3v) is 2.71. The Kier molecular flexibility index (Phi) is 3.90. The van der Waals surface area contributed by atoms with Crippen molar-refractivity contribution in [2.75, 3.05) is 12.0 Å². The van der Waals surface area contributed by atoms with E-state index in [2.05, 4.69) is 0 Å². The van der Waals surface area contributed by atoms with E-state index in [9.17, 15) is 15.0 Å². The smallest absolute Gasteiger partial charge is 0.326 e. The lowest BCUT2D eigenvalue weighted by atomic mass is 10.2. The molecule has 0 fully saturated rings.